The van der Waals surface area contributed by atoms with E-state index in [0.29, 0.717) is 37.6 Å². The summed E-state index contributed by atoms with van der Waals surface area (Å²) in [5.74, 6) is 1.27. The molecule has 0 aliphatic heterocycles. The minimum Gasteiger partial charge on any atom is -0.490 e. The van der Waals surface area contributed by atoms with Gasteiger partial charge in [-0.25, -0.2) is 0 Å². The molecule has 0 aromatic heterocycles. The Morgan fingerprint density at radius 1 is 1.11 bits per heavy atom. The van der Waals surface area contributed by atoms with Crippen molar-refractivity contribution in [3.05, 3.63) is 58.6 Å². The van der Waals surface area contributed by atoms with Crippen molar-refractivity contribution in [2.75, 3.05) is 13.2 Å². The van der Waals surface area contributed by atoms with Gasteiger partial charge in [-0.05, 0) is 50.1 Å². The van der Waals surface area contributed by atoms with E-state index < -0.39 is 6.10 Å². The molecular weight excluding hydrogens is 410 g/mol. The Morgan fingerprint density at radius 2 is 1.74 bits per heavy atom. The van der Waals surface area contributed by atoms with Crippen LogP contribution in [0.1, 0.15) is 38.4 Å². The van der Waals surface area contributed by atoms with Crippen LogP contribution in [0.4, 0.5) is 0 Å². The number of carbonyl (C=O) groups is 1. The molecule has 2 N–H and O–H groups in total. The van der Waals surface area contributed by atoms with Crippen molar-refractivity contribution < 1.29 is 19.4 Å². The van der Waals surface area contributed by atoms with Gasteiger partial charge in [0.2, 0.25) is 5.91 Å². The molecule has 0 radical (unpaired) electrons. The molecule has 2 atom stereocenters. The predicted molar refractivity (Wildman–Crippen MR) is 109 cm³/mol. The Hall–Kier alpha value is -2.05. The maximum absolute atomic E-state index is 12.1. The van der Waals surface area contributed by atoms with Crippen LogP contribution < -0.4 is 14.8 Å². The van der Waals surface area contributed by atoms with E-state index >= 15 is 0 Å². The fourth-order valence-corrected chi connectivity index (χ4v) is 2.88. The van der Waals surface area contributed by atoms with E-state index in [0.717, 1.165) is 10.0 Å². The van der Waals surface area contributed by atoms with Crippen LogP contribution in [-0.4, -0.2) is 30.3 Å². The first-order valence-corrected chi connectivity index (χ1v) is 9.88. The number of halogens is 1. The highest BCUT2D eigenvalue weighted by Gasteiger charge is 2.18. The molecule has 0 bridgehead atoms. The summed E-state index contributed by atoms with van der Waals surface area (Å²) in [4.78, 5) is 12.1. The van der Waals surface area contributed by atoms with Crippen LogP contribution >= 0.6 is 15.9 Å². The summed E-state index contributed by atoms with van der Waals surface area (Å²) < 4.78 is 12.2. The van der Waals surface area contributed by atoms with Crippen molar-refractivity contribution in [2.45, 2.75) is 38.8 Å². The highest BCUT2D eigenvalue weighted by atomic mass is 79.9. The molecule has 0 unspecified atom stereocenters. The van der Waals surface area contributed by atoms with Crippen LogP contribution in [0.2, 0.25) is 0 Å². The molecule has 0 fully saturated rings. The smallest absolute Gasteiger partial charge is 0.220 e. The second-order valence-electron chi connectivity index (χ2n) is 6.18. The number of hydrogen-bond acceptors (Lipinski definition) is 4. The topological polar surface area (TPSA) is 67.8 Å². The highest BCUT2D eigenvalue weighted by molar-refractivity contribution is 9.10. The zero-order valence-electron chi connectivity index (χ0n) is 15.7. The molecule has 2 aromatic rings. The van der Waals surface area contributed by atoms with E-state index in [9.17, 15) is 9.90 Å². The van der Waals surface area contributed by atoms with Crippen molar-refractivity contribution in [1.82, 2.24) is 5.32 Å². The fraction of sp³-hybridized carbons (Fsp3) is 0.381. The van der Waals surface area contributed by atoms with Gasteiger partial charge in [-0.15, -0.1) is 0 Å². The minimum atomic E-state index is -0.753. The lowest BCUT2D eigenvalue weighted by molar-refractivity contribution is -0.122. The van der Waals surface area contributed by atoms with Gasteiger partial charge in [0.15, 0.2) is 11.5 Å². The standard InChI is InChI=1S/C21H26BrNO4/c1-3-26-18-7-4-5-8-19(18)27-14-6-9-20(24)23-15(2)21(25)16-10-12-17(22)13-11-16/h4-5,7-8,10-13,15,21,25H,3,6,9,14H2,1-2H3,(H,23,24)/t15-,21-/m0/s1. The minimum absolute atomic E-state index is 0.111. The lowest BCUT2D eigenvalue weighted by Gasteiger charge is -2.21. The number of aliphatic hydroxyl groups excluding tert-OH is 1. The van der Waals surface area contributed by atoms with Crippen molar-refractivity contribution in [1.29, 1.82) is 0 Å². The van der Waals surface area contributed by atoms with E-state index in [1.807, 2.05) is 55.5 Å². The lowest BCUT2D eigenvalue weighted by Crippen LogP contribution is -2.37. The van der Waals surface area contributed by atoms with Crippen molar-refractivity contribution in [3.8, 4) is 11.5 Å². The number of benzene rings is 2. The molecule has 0 spiro atoms. The first-order valence-electron chi connectivity index (χ1n) is 9.08. The number of nitrogens with one attached hydrogen (secondary N) is 1. The van der Waals surface area contributed by atoms with E-state index in [2.05, 4.69) is 21.2 Å². The zero-order chi connectivity index (χ0) is 19.6. The van der Waals surface area contributed by atoms with Crippen molar-refractivity contribution in [3.63, 3.8) is 0 Å². The first-order chi connectivity index (χ1) is 13.0. The normalized spacial score (nSPS) is 12.9. The van der Waals surface area contributed by atoms with Crippen molar-refractivity contribution in [2.24, 2.45) is 0 Å². The number of para-hydroxylation sites is 2. The lowest BCUT2D eigenvalue weighted by atomic mass is 10.0. The third kappa shape index (κ3) is 6.88. The van der Waals surface area contributed by atoms with Gasteiger partial charge in [0, 0.05) is 10.9 Å². The molecular formula is C21H26BrNO4. The monoisotopic (exact) mass is 435 g/mol. The van der Waals surface area contributed by atoms with Gasteiger partial charge in [-0.3, -0.25) is 4.79 Å². The van der Waals surface area contributed by atoms with Gasteiger partial charge in [0.05, 0.1) is 25.4 Å². The number of carbonyl (C=O) groups excluding carboxylic acids is 1. The third-order valence-electron chi connectivity index (χ3n) is 4.03. The molecule has 0 aliphatic rings. The average molecular weight is 436 g/mol. The largest absolute Gasteiger partial charge is 0.490 e. The first kappa shape index (κ1) is 21.3. The number of ether oxygens (including phenoxy) is 2. The Morgan fingerprint density at radius 3 is 2.37 bits per heavy atom. The average Bonchev–Trinajstić information content (AvgIpc) is 2.66. The molecule has 0 saturated carbocycles. The quantitative estimate of drug-likeness (QED) is 0.547. The maximum atomic E-state index is 12.1. The van der Waals surface area contributed by atoms with Gasteiger partial charge in [0.1, 0.15) is 0 Å². The maximum Gasteiger partial charge on any atom is 0.220 e. The second-order valence-corrected chi connectivity index (χ2v) is 7.10. The highest BCUT2D eigenvalue weighted by Crippen LogP contribution is 2.26. The second kappa shape index (κ2) is 10.9. The number of rotatable bonds is 10. The number of aliphatic hydroxyl groups is 1. The fourth-order valence-electron chi connectivity index (χ4n) is 2.61. The van der Waals surface area contributed by atoms with Gasteiger partial charge < -0.3 is 19.9 Å². The Kier molecular flexibility index (Phi) is 8.61. The SMILES string of the molecule is CCOc1ccccc1OCCCC(=O)N[C@@H](C)[C@H](O)c1ccc(Br)cc1. The summed E-state index contributed by atoms with van der Waals surface area (Å²) in [6.45, 7) is 4.70. The van der Waals surface area contributed by atoms with Crippen LogP contribution in [0.25, 0.3) is 0 Å². The van der Waals surface area contributed by atoms with Crippen LogP contribution in [-0.2, 0) is 4.79 Å². The van der Waals surface area contributed by atoms with Crippen LogP contribution in [0.15, 0.2) is 53.0 Å². The summed E-state index contributed by atoms with van der Waals surface area (Å²) in [6.07, 6.45) is 0.151. The Balaban J connectivity index is 1.73. The van der Waals surface area contributed by atoms with Crippen LogP contribution in [0.3, 0.4) is 0 Å². The summed E-state index contributed by atoms with van der Waals surface area (Å²) in [6, 6.07) is 14.5. The third-order valence-corrected chi connectivity index (χ3v) is 4.56. The Labute approximate surface area is 168 Å². The Bertz CT molecular complexity index is 720. The van der Waals surface area contributed by atoms with E-state index in [1.54, 1.807) is 6.92 Å². The molecule has 6 heteroatoms. The summed E-state index contributed by atoms with van der Waals surface area (Å²) >= 11 is 3.37. The molecule has 27 heavy (non-hydrogen) atoms. The molecule has 2 aromatic carbocycles. The molecule has 0 heterocycles. The molecule has 146 valence electrons. The molecule has 5 nitrogen and oxygen atoms in total. The van der Waals surface area contributed by atoms with E-state index in [1.165, 1.54) is 0 Å². The summed E-state index contributed by atoms with van der Waals surface area (Å²) in [7, 11) is 0. The van der Waals surface area contributed by atoms with E-state index in [-0.39, 0.29) is 11.9 Å². The number of hydrogen-bond donors (Lipinski definition) is 2. The van der Waals surface area contributed by atoms with E-state index in [4.69, 9.17) is 9.47 Å². The molecule has 2 rings (SSSR count). The van der Waals surface area contributed by atoms with Crippen LogP contribution in [0.5, 0.6) is 11.5 Å². The number of amides is 1. The van der Waals surface area contributed by atoms with Gasteiger partial charge in [-0.1, -0.05) is 40.2 Å². The summed E-state index contributed by atoms with van der Waals surface area (Å²) in [5, 5.41) is 13.2. The zero-order valence-corrected chi connectivity index (χ0v) is 17.2. The van der Waals surface area contributed by atoms with Crippen molar-refractivity contribution >= 4 is 21.8 Å². The molecule has 0 aliphatic carbocycles. The van der Waals surface area contributed by atoms with Gasteiger partial charge in [-0.2, -0.15) is 0 Å². The molecule has 0 saturated heterocycles. The van der Waals surface area contributed by atoms with Crippen LogP contribution in [0, 0.1) is 0 Å². The van der Waals surface area contributed by atoms with Gasteiger partial charge >= 0.3 is 0 Å². The summed E-state index contributed by atoms with van der Waals surface area (Å²) in [5.41, 5.74) is 0.766. The predicted octanol–water partition coefficient (Wildman–Crippen LogP) is 4.25. The van der Waals surface area contributed by atoms with Gasteiger partial charge in [0.25, 0.3) is 0 Å². The molecule has 1 amide bonds.